The minimum absolute atomic E-state index is 0.00674. The van der Waals surface area contributed by atoms with Crippen LogP contribution in [0.2, 0.25) is 0 Å². The molecule has 4 N–H and O–H groups in total. The number of hydrogen-bond acceptors (Lipinski definition) is 4. The Morgan fingerprint density at radius 3 is 2.40 bits per heavy atom. The van der Waals surface area contributed by atoms with Crippen molar-refractivity contribution < 1.29 is 13.2 Å². The molecule has 0 saturated heterocycles. The van der Waals surface area contributed by atoms with Crippen molar-refractivity contribution in [2.45, 2.75) is 38.6 Å². The molecule has 0 aliphatic carbocycles. The molecule has 1 rings (SSSR count). The Balaban J connectivity index is 3.00. The Hall–Kier alpha value is -1.44. The van der Waals surface area contributed by atoms with Crippen molar-refractivity contribution in [1.82, 2.24) is 5.32 Å². The van der Waals surface area contributed by atoms with Crippen molar-refractivity contribution in [2.75, 3.05) is 11.9 Å². The first-order valence-electron chi connectivity index (χ1n) is 6.28. The molecular formula is C13H21N3O3S. The monoisotopic (exact) mass is 299 g/mol. The highest BCUT2D eigenvalue weighted by Crippen LogP contribution is 2.23. The van der Waals surface area contributed by atoms with E-state index in [0.717, 1.165) is 11.1 Å². The van der Waals surface area contributed by atoms with Crippen LogP contribution in [-0.4, -0.2) is 26.9 Å². The third-order valence-electron chi connectivity index (χ3n) is 2.91. The Bertz CT molecular complexity index is 610. The average molecular weight is 299 g/mol. The van der Waals surface area contributed by atoms with Gasteiger partial charge in [0.15, 0.2) is 0 Å². The summed E-state index contributed by atoms with van der Waals surface area (Å²) >= 11 is 0. The van der Waals surface area contributed by atoms with Gasteiger partial charge in [0.1, 0.15) is 0 Å². The molecule has 0 aromatic heterocycles. The highest BCUT2D eigenvalue weighted by molar-refractivity contribution is 7.89. The maximum Gasteiger partial charge on any atom is 0.238 e. The van der Waals surface area contributed by atoms with Crippen molar-refractivity contribution in [3.63, 3.8) is 0 Å². The number of nitrogens with two attached hydrogens (primary N) is 1. The lowest BCUT2D eigenvalue weighted by Gasteiger charge is -2.13. The third-order valence-corrected chi connectivity index (χ3v) is 3.81. The number of nitrogens with one attached hydrogen (secondary N) is 2. The number of carbonyl (C=O) groups excluding carboxylic acids is 1. The predicted octanol–water partition coefficient (Wildman–Crippen LogP) is 0.887. The van der Waals surface area contributed by atoms with Gasteiger partial charge in [-0.25, -0.2) is 13.6 Å². The second kappa shape index (κ2) is 6.34. The molecular weight excluding hydrogens is 278 g/mol. The molecule has 0 bridgehead atoms. The van der Waals surface area contributed by atoms with Gasteiger partial charge < -0.3 is 10.6 Å². The molecule has 0 aliphatic rings. The molecule has 0 heterocycles. The summed E-state index contributed by atoms with van der Waals surface area (Å²) in [6.07, 6.45) is 0. The minimum atomic E-state index is -3.79. The van der Waals surface area contributed by atoms with Crippen LogP contribution in [0.1, 0.15) is 25.0 Å². The fourth-order valence-electron chi connectivity index (χ4n) is 1.61. The van der Waals surface area contributed by atoms with Gasteiger partial charge in [-0.3, -0.25) is 4.79 Å². The van der Waals surface area contributed by atoms with E-state index in [4.69, 9.17) is 5.14 Å². The van der Waals surface area contributed by atoms with Gasteiger partial charge in [0.2, 0.25) is 15.9 Å². The number of sulfonamides is 1. The fraction of sp³-hybridized carbons (Fsp3) is 0.462. The van der Waals surface area contributed by atoms with Gasteiger partial charge in [0.05, 0.1) is 11.4 Å². The fourth-order valence-corrected chi connectivity index (χ4v) is 2.23. The topological polar surface area (TPSA) is 101 Å². The van der Waals surface area contributed by atoms with Crippen LogP contribution < -0.4 is 15.8 Å². The predicted molar refractivity (Wildman–Crippen MR) is 79.1 cm³/mol. The van der Waals surface area contributed by atoms with Crippen LogP contribution in [-0.2, 0) is 14.8 Å². The van der Waals surface area contributed by atoms with Crippen molar-refractivity contribution in [1.29, 1.82) is 0 Å². The molecule has 0 fully saturated rings. The third kappa shape index (κ3) is 4.59. The van der Waals surface area contributed by atoms with Gasteiger partial charge in [-0.1, -0.05) is 13.8 Å². The summed E-state index contributed by atoms with van der Waals surface area (Å²) < 4.78 is 22.8. The van der Waals surface area contributed by atoms with Crippen LogP contribution in [0.5, 0.6) is 0 Å². The lowest BCUT2D eigenvalue weighted by molar-refractivity contribution is -0.115. The molecule has 1 amide bonds. The van der Waals surface area contributed by atoms with Crippen LogP contribution in [0.15, 0.2) is 17.0 Å². The van der Waals surface area contributed by atoms with Crippen LogP contribution in [0.3, 0.4) is 0 Å². The number of anilines is 1. The first-order valence-corrected chi connectivity index (χ1v) is 7.83. The molecule has 7 heteroatoms. The maximum atomic E-state index is 11.8. The molecule has 6 nitrogen and oxygen atoms in total. The second-order valence-electron chi connectivity index (χ2n) is 5.04. The van der Waals surface area contributed by atoms with Gasteiger partial charge in [-0.2, -0.15) is 0 Å². The summed E-state index contributed by atoms with van der Waals surface area (Å²) in [4.78, 5) is 11.8. The molecule has 112 valence electrons. The number of amides is 1. The summed E-state index contributed by atoms with van der Waals surface area (Å²) in [5.41, 5.74) is 2.03. The molecule has 0 radical (unpaired) electrons. The van der Waals surface area contributed by atoms with Crippen molar-refractivity contribution >= 4 is 21.6 Å². The number of primary sulfonamides is 1. The minimum Gasteiger partial charge on any atom is -0.325 e. The Labute approximate surface area is 119 Å². The number of carbonyl (C=O) groups is 1. The van der Waals surface area contributed by atoms with Gasteiger partial charge >= 0.3 is 0 Å². The molecule has 0 atom stereocenters. The molecule has 0 aliphatic heterocycles. The van der Waals surface area contributed by atoms with E-state index >= 15 is 0 Å². The van der Waals surface area contributed by atoms with Crippen LogP contribution in [0.4, 0.5) is 5.69 Å². The van der Waals surface area contributed by atoms with Crippen LogP contribution >= 0.6 is 0 Å². The highest BCUT2D eigenvalue weighted by Gasteiger charge is 2.14. The summed E-state index contributed by atoms with van der Waals surface area (Å²) in [5.74, 6) is -0.229. The Morgan fingerprint density at radius 2 is 1.90 bits per heavy atom. The Kier molecular flexibility index (Phi) is 5.27. The first-order chi connectivity index (χ1) is 9.11. The van der Waals surface area contributed by atoms with E-state index in [9.17, 15) is 13.2 Å². The second-order valence-corrected chi connectivity index (χ2v) is 6.60. The maximum absolute atomic E-state index is 11.8. The van der Waals surface area contributed by atoms with Crippen molar-refractivity contribution in [2.24, 2.45) is 5.14 Å². The number of rotatable bonds is 5. The van der Waals surface area contributed by atoms with E-state index in [2.05, 4.69) is 10.6 Å². The lowest BCUT2D eigenvalue weighted by Crippen LogP contribution is -2.32. The molecule has 20 heavy (non-hydrogen) atoms. The summed E-state index contributed by atoms with van der Waals surface area (Å²) in [6.45, 7) is 7.62. The molecule has 1 aromatic rings. The van der Waals surface area contributed by atoms with Gasteiger partial charge in [0.25, 0.3) is 0 Å². The van der Waals surface area contributed by atoms with E-state index in [1.807, 2.05) is 20.8 Å². The molecule has 0 unspecified atom stereocenters. The zero-order chi connectivity index (χ0) is 15.5. The average Bonchev–Trinajstić information content (AvgIpc) is 2.30. The van der Waals surface area contributed by atoms with Crippen LogP contribution in [0.25, 0.3) is 0 Å². The summed E-state index contributed by atoms with van der Waals surface area (Å²) in [5, 5.41) is 10.8. The normalized spacial score (nSPS) is 11.7. The number of hydrogen-bond donors (Lipinski definition) is 3. The zero-order valence-electron chi connectivity index (χ0n) is 12.1. The van der Waals surface area contributed by atoms with Gasteiger partial charge in [-0.15, -0.1) is 0 Å². The standard InChI is InChI=1S/C13H21N3O3S/c1-8(2)15-7-13(17)16-12-6-11(20(14,18)19)5-9(3)10(12)4/h5-6,8,15H,7H2,1-4H3,(H,16,17)(H2,14,18,19). The quantitative estimate of drug-likeness (QED) is 0.751. The molecule has 0 saturated carbocycles. The smallest absolute Gasteiger partial charge is 0.238 e. The highest BCUT2D eigenvalue weighted by atomic mass is 32.2. The van der Waals surface area contributed by atoms with Gasteiger partial charge in [-0.05, 0) is 37.1 Å². The SMILES string of the molecule is Cc1cc(S(N)(=O)=O)cc(NC(=O)CNC(C)C)c1C. The van der Waals surface area contributed by atoms with E-state index in [-0.39, 0.29) is 23.4 Å². The first kappa shape index (κ1) is 16.6. The molecule has 0 spiro atoms. The largest absolute Gasteiger partial charge is 0.325 e. The number of benzene rings is 1. The summed E-state index contributed by atoms with van der Waals surface area (Å²) in [6, 6.07) is 3.07. The lowest BCUT2D eigenvalue weighted by atomic mass is 10.1. The van der Waals surface area contributed by atoms with E-state index < -0.39 is 10.0 Å². The number of aryl methyl sites for hydroxylation is 1. The Morgan fingerprint density at radius 1 is 1.30 bits per heavy atom. The zero-order valence-corrected chi connectivity index (χ0v) is 13.0. The summed E-state index contributed by atoms with van der Waals surface area (Å²) in [7, 11) is -3.79. The van der Waals surface area contributed by atoms with Gasteiger partial charge in [0, 0.05) is 11.7 Å². The van der Waals surface area contributed by atoms with E-state index in [1.165, 1.54) is 12.1 Å². The molecule has 1 aromatic carbocycles. The van der Waals surface area contributed by atoms with Crippen molar-refractivity contribution in [3.05, 3.63) is 23.3 Å². The van der Waals surface area contributed by atoms with E-state index in [1.54, 1.807) is 6.92 Å². The van der Waals surface area contributed by atoms with E-state index in [0.29, 0.717) is 5.69 Å². The van der Waals surface area contributed by atoms with Crippen LogP contribution in [0, 0.1) is 13.8 Å². The van der Waals surface area contributed by atoms with Crippen molar-refractivity contribution in [3.8, 4) is 0 Å².